The van der Waals surface area contributed by atoms with Gasteiger partial charge < -0.3 is 15.2 Å². The van der Waals surface area contributed by atoms with Crippen LogP contribution in [0.25, 0.3) is 0 Å². The Labute approximate surface area is 133 Å². The lowest BCUT2D eigenvalue weighted by atomic mass is 10.1. The fourth-order valence-electron chi connectivity index (χ4n) is 2.80. The van der Waals surface area contributed by atoms with E-state index in [0.717, 1.165) is 5.56 Å². The van der Waals surface area contributed by atoms with Crippen LogP contribution in [0.1, 0.15) is 28.3 Å². The van der Waals surface area contributed by atoms with E-state index in [1.165, 1.54) is 0 Å². The van der Waals surface area contributed by atoms with Crippen LogP contribution in [-0.2, 0) is 4.79 Å². The summed E-state index contributed by atoms with van der Waals surface area (Å²) in [6, 6.07) is 16.0. The van der Waals surface area contributed by atoms with Crippen LogP contribution in [-0.4, -0.2) is 29.6 Å². The van der Waals surface area contributed by atoms with Gasteiger partial charge >= 0.3 is 5.97 Å². The van der Waals surface area contributed by atoms with Gasteiger partial charge in [-0.2, -0.15) is 0 Å². The third-order valence-corrected chi connectivity index (χ3v) is 4.23. The van der Waals surface area contributed by atoms with Crippen molar-refractivity contribution in [3.05, 3.63) is 65.7 Å². The summed E-state index contributed by atoms with van der Waals surface area (Å²) in [4.78, 5) is 24.1. The molecule has 1 saturated carbocycles. The van der Waals surface area contributed by atoms with Crippen molar-refractivity contribution >= 4 is 11.9 Å². The first-order valence-electron chi connectivity index (χ1n) is 7.32. The highest BCUT2D eigenvalue weighted by molar-refractivity contribution is 5.99. The maximum Gasteiger partial charge on any atom is 0.330 e. The number of carboxylic acid groups (broad SMARTS) is 1. The number of hydrogen-bond acceptors (Lipinski definition) is 3. The van der Waals surface area contributed by atoms with E-state index in [-0.39, 0.29) is 5.92 Å². The molecule has 5 heteroatoms. The molecule has 2 atom stereocenters. The number of methoxy groups -OCH3 is 1. The zero-order chi connectivity index (χ0) is 16.4. The largest absolute Gasteiger partial charge is 0.497 e. The van der Waals surface area contributed by atoms with E-state index >= 15 is 0 Å². The Morgan fingerprint density at radius 1 is 1.13 bits per heavy atom. The van der Waals surface area contributed by atoms with E-state index < -0.39 is 17.4 Å². The second-order valence-corrected chi connectivity index (χ2v) is 5.63. The van der Waals surface area contributed by atoms with E-state index in [1.807, 2.05) is 30.3 Å². The Bertz CT molecular complexity index is 726. The molecule has 1 amide bonds. The van der Waals surface area contributed by atoms with E-state index in [4.69, 9.17) is 4.74 Å². The Morgan fingerprint density at radius 3 is 2.35 bits per heavy atom. The molecule has 0 radical (unpaired) electrons. The van der Waals surface area contributed by atoms with Gasteiger partial charge in [0.2, 0.25) is 0 Å². The number of hydrogen-bond donors (Lipinski definition) is 2. The molecule has 0 heterocycles. The summed E-state index contributed by atoms with van der Waals surface area (Å²) in [5.41, 5.74) is 0.105. The van der Waals surface area contributed by atoms with Gasteiger partial charge in [0, 0.05) is 11.5 Å². The summed E-state index contributed by atoms with van der Waals surface area (Å²) < 4.78 is 5.05. The van der Waals surface area contributed by atoms with Crippen molar-refractivity contribution in [2.24, 2.45) is 0 Å². The van der Waals surface area contributed by atoms with Gasteiger partial charge in [-0.1, -0.05) is 30.3 Å². The van der Waals surface area contributed by atoms with Crippen LogP contribution in [0.5, 0.6) is 5.75 Å². The fourth-order valence-corrected chi connectivity index (χ4v) is 2.80. The maximum absolute atomic E-state index is 12.4. The second kappa shape index (κ2) is 5.76. The lowest BCUT2D eigenvalue weighted by Crippen LogP contribution is -2.44. The molecule has 1 aliphatic carbocycles. The number of carbonyl (C=O) groups excluding carboxylic acids is 1. The Hall–Kier alpha value is -2.82. The molecule has 23 heavy (non-hydrogen) atoms. The SMILES string of the molecule is COc1ccc(C(=O)NC2(C(=O)O)CC2c2ccccc2)cc1. The molecular formula is C18H17NO4. The van der Waals surface area contributed by atoms with E-state index in [2.05, 4.69) is 5.32 Å². The minimum Gasteiger partial charge on any atom is -0.497 e. The highest BCUT2D eigenvalue weighted by atomic mass is 16.5. The van der Waals surface area contributed by atoms with Crippen molar-refractivity contribution < 1.29 is 19.4 Å². The number of carbonyl (C=O) groups is 2. The molecule has 0 spiro atoms. The van der Waals surface area contributed by atoms with Gasteiger partial charge in [0.25, 0.3) is 5.91 Å². The van der Waals surface area contributed by atoms with Crippen LogP contribution in [0.15, 0.2) is 54.6 Å². The van der Waals surface area contributed by atoms with Crippen LogP contribution < -0.4 is 10.1 Å². The number of rotatable bonds is 5. The first-order valence-corrected chi connectivity index (χ1v) is 7.32. The molecule has 0 bridgehead atoms. The monoisotopic (exact) mass is 311 g/mol. The summed E-state index contributed by atoms with van der Waals surface area (Å²) >= 11 is 0. The number of nitrogens with one attached hydrogen (secondary N) is 1. The lowest BCUT2D eigenvalue weighted by molar-refractivity contribution is -0.140. The summed E-state index contributed by atoms with van der Waals surface area (Å²) in [6.07, 6.45) is 0.397. The van der Waals surface area contributed by atoms with Crippen LogP contribution in [0.3, 0.4) is 0 Å². The number of benzene rings is 2. The van der Waals surface area contributed by atoms with Crippen molar-refractivity contribution in [3.63, 3.8) is 0 Å². The molecule has 5 nitrogen and oxygen atoms in total. The molecule has 0 saturated heterocycles. The number of carboxylic acids is 1. The van der Waals surface area contributed by atoms with Crippen LogP contribution in [0, 0.1) is 0 Å². The molecule has 1 fully saturated rings. The minimum absolute atomic E-state index is 0.205. The standard InChI is InChI=1S/C18H17NO4/c1-23-14-9-7-13(8-10-14)16(20)19-18(17(21)22)11-15(18)12-5-3-2-4-6-12/h2-10,15H,11H2,1H3,(H,19,20)(H,21,22). The van der Waals surface area contributed by atoms with Crippen molar-refractivity contribution in [2.75, 3.05) is 7.11 Å². The van der Waals surface area contributed by atoms with Gasteiger partial charge in [-0.15, -0.1) is 0 Å². The smallest absolute Gasteiger partial charge is 0.330 e. The molecule has 0 aromatic heterocycles. The Balaban J connectivity index is 1.78. The van der Waals surface area contributed by atoms with Gasteiger partial charge in [0.15, 0.2) is 0 Å². The van der Waals surface area contributed by atoms with E-state index in [1.54, 1.807) is 31.4 Å². The fraction of sp³-hybridized carbons (Fsp3) is 0.222. The predicted molar refractivity (Wildman–Crippen MR) is 84.6 cm³/mol. The van der Waals surface area contributed by atoms with Crippen LogP contribution >= 0.6 is 0 Å². The van der Waals surface area contributed by atoms with Gasteiger partial charge in [-0.25, -0.2) is 4.79 Å². The van der Waals surface area contributed by atoms with Crippen molar-refractivity contribution in [1.82, 2.24) is 5.32 Å². The third-order valence-electron chi connectivity index (χ3n) is 4.23. The van der Waals surface area contributed by atoms with E-state index in [0.29, 0.717) is 17.7 Å². The van der Waals surface area contributed by atoms with Gasteiger partial charge in [0.1, 0.15) is 11.3 Å². The maximum atomic E-state index is 12.4. The summed E-state index contributed by atoms with van der Waals surface area (Å²) in [6.45, 7) is 0. The molecule has 0 aliphatic heterocycles. The minimum atomic E-state index is -1.22. The quantitative estimate of drug-likeness (QED) is 0.889. The molecule has 2 aromatic carbocycles. The average molecular weight is 311 g/mol. The Morgan fingerprint density at radius 2 is 1.78 bits per heavy atom. The highest BCUT2D eigenvalue weighted by Gasteiger charge is 2.62. The highest BCUT2D eigenvalue weighted by Crippen LogP contribution is 2.51. The van der Waals surface area contributed by atoms with Crippen molar-refractivity contribution in [3.8, 4) is 5.75 Å². The van der Waals surface area contributed by atoms with Crippen LogP contribution in [0.2, 0.25) is 0 Å². The van der Waals surface area contributed by atoms with Gasteiger partial charge in [0.05, 0.1) is 7.11 Å². The summed E-state index contributed by atoms with van der Waals surface area (Å²) in [5, 5.41) is 12.3. The normalized spacial score (nSPS) is 22.2. The molecule has 118 valence electrons. The molecule has 2 aromatic rings. The molecule has 2 unspecified atom stereocenters. The first-order chi connectivity index (χ1) is 11.1. The molecule has 1 aliphatic rings. The zero-order valence-electron chi connectivity index (χ0n) is 12.7. The molecular weight excluding hydrogens is 294 g/mol. The van der Waals surface area contributed by atoms with Gasteiger partial charge in [-0.3, -0.25) is 4.79 Å². The average Bonchev–Trinajstić information content (AvgIpc) is 3.31. The molecule has 2 N–H and O–H groups in total. The zero-order valence-corrected chi connectivity index (χ0v) is 12.7. The van der Waals surface area contributed by atoms with Crippen molar-refractivity contribution in [1.29, 1.82) is 0 Å². The molecule has 3 rings (SSSR count). The summed E-state index contributed by atoms with van der Waals surface area (Å²) in [5.74, 6) is -0.965. The number of aliphatic carboxylic acids is 1. The third kappa shape index (κ3) is 2.77. The summed E-state index contributed by atoms with van der Waals surface area (Å²) in [7, 11) is 1.54. The second-order valence-electron chi connectivity index (χ2n) is 5.63. The lowest BCUT2D eigenvalue weighted by Gasteiger charge is -2.15. The Kier molecular flexibility index (Phi) is 3.78. The van der Waals surface area contributed by atoms with Crippen molar-refractivity contribution in [2.45, 2.75) is 17.9 Å². The number of ether oxygens (including phenoxy) is 1. The first kappa shape index (κ1) is 15.1. The van der Waals surface area contributed by atoms with Gasteiger partial charge in [-0.05, 0) is 36.2 Å². The van der Waals surface area contributed by atoms with E-state index in [9.17, 15) is 14.7 Å². The predicted octanol–water partition coefficient (Wildman–Crippen LogP) is 2.44. The topological polar surface area (TPSA) is 75.6 Å². The number of amides is 1. The van der Waals surface area contributed by atoms with Crippen LogP contribution in [0.4, 0.5) is 0 Å².